The highest BCUT2D eigenvalue weighted by Crippen LogP contribution is 2.42. The van der Waals surface area contributed by atoms with Crippen LogP contribution in [0.3, 0.4) is 0 Å². The molecule has 1 aliphatic carbocycles. The zero-order valence-corrected chi connectivity index (χ0v) is 21.7. The number of amides is 1. The van der Waals surface area contributed by atoms with Crippen LogP contribution >= 0.6 is 11.9 Å². The number of ether oxygens (including phenoxy) is 3. The predicted molar refractivity (Wildman–Crippen MR) is 135 cm³/mol. The van der Waals surface area contributed by atoms with Crippen LogP contribution in [0.5, 0.6) is 0 Å². The maximum atomic E-state index is 12.4. The first kappa shape index (κ1) is 26.0. The summed E-state index contributed by atoms with van der Waals surface area (Å²) in [5.74, 6) is 1.88. The van der Waals surface area contributed by atoms with E-state index in [-0.39, 0.29) is 24.4 Å². The number of alkyl carbamates (subject to hydrolysis) is 1. The topological polar surface area (TPSA) is 86.1 Å². The third-order valence-electron chi connectivity index (χ3n) is 6.43. The van der Waals surface area contributed by atoms with Gasteiger partial charge >= 0.3 is 6.09 Å². The Balaban J connectivity index is 1.19. The molecule has 2 aromatic rings. The number of fused-ring (bicyclic) bond motifs is 1. The van der Waals surface area contributed by atoms with E-state index in [2.05, 4.69) is 40.6 Å². The van der Waals surface area contributed by atoms with E-state index in [1.54, 1.807) is 18.1 Å². The van der Waals surface area contributed by atoms with Gasteiger partial charge < -0.3 is 23.9 Å². The predicted octanol–water partition coefficient (Wildman–Crippen LogP) is 5.21. The molecule has 2 fully saturated rings. The molecule has 1 amide bonds. The van der Waals surface area contributed by atoms with Gasteiger partial charge in [0.1, 0.15) is 6.10 Å². The lowest BCUT2D eigenvalue weighted by molar-refractivity contribution is -0.128. The molecule has 0 spiro atoms. The van der Waals surface area contributed by atoms with Crippen molar-refractivity contribution in [3.05, 3.63) is 36.9 Å². The molecule has 1 N–H and O–H groups in total. The highest BCUT2D eigenvalue weighted by molar-refractivity contribution is 7.97. The maximum Gasteiger partial charge on any atom is 0.407 e. The molecule has 4 rings (SSSR count). The smallest absolute Gasteiger partial charge is 0.407 e. The Labute approximate surface area is 212 Å². The Hall–Kier alpha value is -2.07. The Morgan fingerprint density at radius 3 is 2.80 bits per heavy atom. The molecule has 0 bridgehead atoms. The number of hydrogen-bond acceptors (Lipinski definition) is 8. The van der Waals surface area contributed by atoms with E-state index in [1.807, 2.05) is 19.1 Å². The lowest BCUT2D eigenvalue weighted by atomic mass is 9.98. The van der Waals surface area contributed by atoms with E-state index in [9.17, 15) is 4.79 Å². The van der Waals surface area contributed by atoms with Crippen LogP contribution in [0.2, 0.25) is 0 Å². The summed E-state index contributed by atoms with van der Waals surface area (Å²) < 4.78 is 24.9. The van der Waals surface area contributed by atoms with Crippen molar-refractivity contribution in [3.8, 4) is 11.3 Å². The molecule has 4 atom stereocenters. The van der Waals surface area contributed by atoms with Crippen LogP contribution in [0.1, 0.15) is 40.0 Å². The Morgan fingerprint density at radius 1 is 1.26 bits per heavy atom. The number of nitrogens with zero attached hydrogens (tertiary/aromatic N) is 2. The average molecular weight is 504 g/mol. The van der Waals surface area contributed by atoms with E-state index in [0.717, 1.165) is 43.7 Å². The van der Waals surface area contributed by atoms with Crippen LogP contribution in [-0.2, 0) is 14.2 Å². The maximum absolute atomic E-state index is 12.4. The van der Waals surface area contributed by atoms with Gasteiger partial charge in [0, 0.05) is 48.5 Å². The summed E-state index contributed by atoms with van der Waals surface area (Å²) in [7, 11) is 0. The van der Waals surface area contributed by atoms with Crippen LogP contribution in [0.4, 0.5) is 4.79 Å². The molecule has 4 unspecified atom stereocenters. The quantitative estimate of drug-likeness (QED) is 0.312. The van der Waals surface area contributed by atoms with Crippen LogP contribution in [0.15, 0.2) is 46.2 Å². The lowest BCUT2D eigenvalue weighted by Gasteiger charge is -2.23. The SMILES string of the molecule is CCOC1OCC2C(OC(=O)NCCCN(CC(C)C)Sc3ccc(-c4cnco4)cc3)CCC12. The molecule has 0 radical (unpaired) electrons. The summed E-state index contributed by atoms with van der Waals surface area (Å²) in [5, 5.41) is 2.94. The summed E-state index contributed by atoms with van der Waals surface area (Å²) in [4.78, 5) is 17.5. The first-order valence-corrected chi connectivity index (χ1v) is 13.4. The molecular weight excluding hydrogens is 466 g/mol. The number of nitrogens with one attached hydrogen (secondary N) is 1. The van der Waals surface area contributed by atoms with Crippen molar-refractivity contribution in [1.29, 1.82) is 0 Å². The largest absolute Gasteiger partial charge is 0.446 e. The van der Waals surface area contributed by atoms with E-state index < -0.39 is 0 Å². The van der Waals surface area contributed by atoms with Gasteiger partial charge in [0.25, 0.3) is 0 Å². The third kappa shape index (κ3) is 7.22. The fourth-order valence-corrected chi connectivity index (χ4v) is 5.98. The molecule has 8 nitrogen and oxygen atoms in total. The first-order chi connectivity index (χ1) is 17.0. The number of rotatable bonds is 12. The van der Waals surface area contributed by atoms with Crippen LogP contribution in [0, 0.1) is 17.8 Å². The fraction of sp³-hybridized carbons (Fsp3) is 0.615. The Bertz CT molecular complexity index is 908. The molecule has 1 saturated heterocycles. The highest BCUT2D eigenvalue weighted by atomic mass is 32.2. The summed E-state index contributed by atoms with van der Waals surface area (Å²) in [6, 6.07) is 8.30. The van der Waals surface area contributed by atoms with Gasteiger partial charge in [0.2, 0.25) is 0 Å². The number of carbonyl (C=O) groups excluding carboxylic acids is 1. The molecule has 1 aromatic heterocycles. The van der Waals surface area contributed by atoms with Gasteiger partial charge in [-0.15, -0.1) is 0 Å². The van der Waals surface area contributed by atoms with Gasteiger partial charge in [-0.1, -0.05) is 26.0 Å². The first-order valence-electron chi connectivity index (χ1n) is 12.6. The monoisotopic (exact) mass is 503 g/mol. The third-order valence-corrected chi connectivity index (χ3v) is 7.50. The summed E-state index contributed by atoms with van der Waals surface area (Å²) in [6.07, 6.45) is 5.30. The fourth-order valence-electron chi connectivity index (χ4n) is 4.84. The highest BCUT2D eigenvalue weighted by Gasteiger charge is 2.48. The normalized spacial score (nSPS) is 23.7. The molecule has 9 heteroatoms. The number of carbonyl (C=O) groups is 1. The second-order valence-corrected chi connectivity index (χ2v) is 10.7. The molecule has 2 aliphatic rings. The van der Waals surface area contributed by atoms with Gasteiger partial charge in [-0.25, -0.2) is 14.1 Å². The summed E-state index contributed by atoms with van der Waals surface area (Å²) in [6.45, 7) is 10.1. The minimum atomic E-state index is -0.332. The van der Waals surface area contributed by atoms with Crippen molar-refractivity contribution in [2.24, 2.45) is 17.8 Å². The second-order valence-electron chi connectivity index (χ2n) is 9.55. The van der Waals surface area contributed by atoms with Crippen molar-refractivity contribution in [2.75, 3.05) is 32.8 Å². The summed E-state index contributed by atoms with van der Waals surface area (Å²) in [5.41, 5.74) is 1.01. The second kappa shape index (κ2) is 12.8. The average Bonchev–Trinajstić information content (AvgIpc) is 3.58. The van der Waals surface area contributed by atoms with Crippen molar-refractivity contribution in [3.63, 3.8) is 0 Å². The molecule has 192 valence electrons. The van der Waals surface area contributed by atoms with E-state index >= 15 is 0 Å². The van der Waals surface area contributed by atoms with Gasteiger partial charge in [-0.2, -0.15) is 0 Å². The number of oxazole rings is 1. The molecule has 35 heavy (non-hydrogen) atoms. The van der Waals surface area contributed by atoms with Crippen molar-refractivity contribution < 1.29 is 23.4 Å². The van der Waals surface area contributed by atoms with E-state index in [4.69, 9.17) is 18.6 Å². The number of benzene rings is 1. The Kier molecular flexibility index (Phi) is 9.48. The van der Waals surface area contributed by atoms with Crippen LogP contribution in [-0.4, -0.2) is 60.6 Å². The molecule has 2 heterocycles. The minimum absolute atomic E-state index is 0.0848. The minimum Gasteiger partial charge on any atom is -0.446 e. The summed E-state index contributed by atoms with van der Waals surface area (Å²) >= 11 is 1.74. The van der Waals surface area contributed by atoms with Crippen LogP contribution < -0.4 is 5.32 Å². The van der Waals surface area contributed by atoms with E-state index in [1.165, 1.54) is 11.3 Å². The Morgan fingerprint density at radius 2 is 2.09 bits per heavy atom. The van der Waals surface area contributed by atoms with Gasteiger partial charge in [-0.3, -0.25) is 0 Å². The van der Waals surface area contributed by atoms with Gasteiger partial charge in [0.15, 0.2) is 18.4 Å². The number of aromatic nitrogens is 1. The lowest BCUT2D eigenvalue weighted by Crippen LogP contribution is -2.34. The van der Waals surface area contributed by atoms with E-state index in [0.29, 0.717) is 31.6 Å². The zero-order chi connectivity index (χ0) is 24.6. The van der Waals surface area contributed by atoms with Gasteiger partial charge in [-0.05, 0) is 56.2 Å². The molecule has 1 saturated carbocycles. The molecule has 1 aliphatic heterocycles. The molecule has 1 aromatic carbocycles. The van der Waals surface area contributed by atoms with Crippen LogP contribution in [0.25, 0.3) is 11.3 Å². The molecular formula is C26H37N3O5S. The van der Waals surface area contributed by atoms with Crippen molar-refractivity contribution in [1.82, 2.24) is 14.6 Å². The van der Waals surface area contributed by atoms with Crippen molar-refractivity contribution in [2.45, 2.75) is 57.3 Å². The van der Waals surface area contributed by atoms with Gasteiger partial charge in [0.05, 0.1) is 12.8 Å². The standard InChI is InChI=1S/C26H37N3O5S/c1-4-31-25-21-10-11-23(22(21)16-32-25)34-26(30)28-12-5-13-29(15-18(2)3)35-20-8-6-19(7-9-20)24-14-27-17-33-24/h6-9,14,17-18,21-23,25H,4-5,10-13,15-16H2,1-3H3,(H,28,30). The zero-order valence-electron chi connectivity index (χ0n) is 20.9. The number of hydrogen-bond donors (Lipinski definition) is 1. The van der Waals surface area contributed by atoms with Crippen molar-refractivity contribution >= 4 is 18.0 Å².